The summed E-state index contributed by atoms with van der Waals surface area (Å²) in [7, 11) is -3.21. The molecule has 1 saturated carbocycles. The van der Waals surface area contributed by atoms with E-state index in [1.807, 2.05) is 6.07 Å². The third-order valence-electron chi connectivity index (χ3n) is 4.16. The minimum atomic E-state index is -3.21. The number of nitrogens with zero attached hydrogens (tertiary/aromatic N) is 1. The van der Waals surface area contributed by atoms with E-state index in [9.17, 15) is 17.6 Å². The van der Waals surface area contributed by atoms with E-state index in [0.29, 0.717) is 23.4 Å². The number of sulfonamides is 1. The molecule has 0 aliphatic heterocycles. The monoisotopic (exact) mass is 396 g/mol. The van der Waals surface area contributed by atoms with Crippen LogP contribution in [0.3, 0.4) is 0 Å². The highest BCUT2D eigenvalue weighted by Gasteiger charge is 2.34. The van der Waals surface area contributed by atoms with Crippen molar-refractivity contribution in [2.75, 3.05) is 12.8 Å². The normalized spacial score (nSPS) is 14.4. The van der Waals surface area contributed by atoms with Gasteiger partial charge >= 0.3 is 0 Å². The van der Waals surface area contributed by atoms with Gasteiger partial charge in [0.15, 0.2) is 0 Å². The molecule has 26 heavy (non-hydrogen) atoms. The highest BCUT2D eigenvalue weighted by atomic mass is 32.2. The number of thiophene rings is 1. The van der Waals surface area contributed by atoms with E-state index in [4.69, 9.17) is 0 Å². The zero-order valence-electron chi connectivity index (χ0n) is 14.4. The highest BCUT2D eigenvalue weighted by molar-refractivity contribution is 7.88. The van der Waals surface area contributed by atoms with Gasteiger partial charge in [0.25, 0.3) is 5.91 Å². The standard InChI is InChI=1S/C18H21FN2O3S2/c1-26(23,24)20-11-10-15-8-9-17(25-15)18(22)21(14-6-7-14)12-13-4-2-3-5-16(13)19/h2-5,8-9,14,20H,6-7,10-12H2,1H3. The van der Waals surface area contributed by atoms with E-state index in [-0.39, 0.29) is 24.3 Å². The quantitative estimate of drug-likeness (QED) is 0.746. The van der Waals surface area contributed by atoms with Crippen molar-refractivity contribution < 1.29 is 17.6 Å². The van der Waals surface area contributed by atoms with Crippen molar-refractivity contribution in [2.24, 2.45) is 0 Å². The van der Waals surface area contributed by atoms with Crippen LogP contribution in [0.2, 0.25) is 0 Å². The molecule has 5 nitrogen and oxygen atoms in total. The zero-order valence-corrected chi connectivity index (χ0v) is 16.1. The van der Waals surface area contributed by atoms with Crippen LogP contribution >= 0.6 is 11.3 Å². The number of halogens is 1. The minimum Gasteiger partial charge on any atom is -0.331 e. The van der Waals surface area contributed by atoms with Crippen LogP contribution < -0.4 is 4.72 Å². The molecule has 0 radical (unpaired) electrons. The topological polar surface area (TPSA) is 66.5 Å². The maximum Gasteiger partial charge on any atom is 0.264 e. The summed E-state index contributed by atoms with van der Waals surface area (Å²) < 4.78 is 38.6. The number of rotatable bonds is 8. The Kier molecular flexibility index (Phi) is 5.74. The fourth-order valence-electron chi connectivity index (χ4n) is 2.69. The third kappa shape index (κ3) is 5.12. The SMILES string of the molecule is CS(=O)(=O)NCCc1ccc(C(=O)N(Cc2ccccc2F)C2CC2)s1. The summed E-state index contributed by atoms with van der Waals surface area (Å²) in [5.41, 5.74) is 0.516. The molecule has 0 unspecified atom stereocenters. The Balaban J connectivity index is 1.67. The van der Waals surface area contributed by atoms with Crippen molar-refractivity contribution in [2.45, 2.75) is 31.8 Å². The fourth-order valence-corrected chi connectivity index (χ4v) is 4.13. The molecule has 1 N–H and O–H groups in total. The van der Waals surface area contributed by atoms with Crippen molar-refractivity contribution in [1.29, 1.82) is 0 Å². The maximum atomic E-state index is 13.9. The predicted octanol–water partition coefficient (Wildman–Crippen LogP) is 2.78. The summed E-state index contributed by atoms with van der Waals surface area (Å²) in [6.45, 7) is 0.563. The summed E-state index contributed by atoms with van der Waals surface area (Å²) >= 11 is 1.36. The molecule has 1 amide bonds. The van der Waals surface area contributed by atoms with Gasteiger partial charge in [-0.3, -0.25) is 4.79 Å². The van der Waals surface area contributed by atoms with Gasteiger partial charge in [-0.15, -0.1) is 11.3 Å². The third-order valence-corrected chi connectivity index (χ3v) is 6.02. The number of hydrogen-bond acceptors (Lipinski definition) is 4. The Hall–Kier alpha value is -1.77. The van der Waals surface area contributed by atoms with E-state index >= 15 is 0 Å². The van der Waals surface area contributed by atoms with Gasteiger partial charge in [0.05, 0.1) is 11.1 Å². The van der Waals surface area contributed by atoms with Crippen molar-refractivity contribution in [1.82, 2.24) is 9.62 Å². The first kappa shape index (κ1) is 19.0. The maximum absolute atomic E-state index is 13.9. The molecular weight excluding hydrogens is 375 g/mol. The number of benzene rings is 1. The van der Waals surface area contributed by atoms with E-state index in [0.717, 1.165) is 24.0 Å². The Morgan fingerprint density at radius 3 is 2.65 bits per heavy atom. The molecule has 3 rings (SSSR count). The first-order valence-corrected chi connectivity index (χ1v) is 11.1. The van der Waals surface area contributed by atoms with Gasteiger partial charge in [-0.05, 0) is 37.5 Å². The number of amides is 1. The molecule has 1 aliphatic rings. The van der Waals surface area contributed by atoms with Crippen molar-refractivity contribution >= 4 is 27.3 Å². The predicted molar refractivity (Wildman–Crippen MR) is 100 cm³/mol. The molecule has 2 aromatic rings. The van der Waals surface area contributed by atoms with Crippen LogP contribution in [0.5, 0.6) is 0 Å². The number of hydrogen-bond donors (Lipinski definition) is 1. The van der Waals surface area contributed by atoms with E-state index in [1.54, 1.807) is 29.2 Å². The van der Waals surface area contributed by atoms with Gasteiger partial charge in [-0.2, -0.15) is 0 Å². The van der Waals surface area contributed by atoms with Crippen molar-refractivity contribution in [3.8, 4) is 0 Å². The van der Waals surface area contributed by atoms with Gasteiger partial charge in [0.2, 0.25) is 10.0 Å². The molecule has 1 aromatic carbocycles. The molecule has 1 heterocycles. The molecule has 0 spiro atoms. The molecular formula is C18H21FN2O3S2. The molecule has 1 fully saturated rings. The molecule has 1 aromatic heterocycles. The van der Waals surface area contributed by atoms with Gasteiger partial charge < -0.3 is 4.90 Å². The number of carbonyl (C=O) groups is 1. The smallest absolute Gasteiger partial charge is 0.264 e. The lowest BCUT2D eigenvalue weighted by molar-refractivity contribution is 0.0733. The number of nitrogens with one attached hydrogen (secondary N) is 1. The van der Waals surface area contributed by atoms with Gasteiger partial charge in [0.1, 0.15) is 5.82 Å². The van der Waals surface area contributed by atoms with Gasteiger partial charge in [0, 0.05) is 29.6 Å². The Morgan fingerprint density at radius 1 is 1.27 bits per heavy atom. The highest BCUT2D eigenvalue weighted by Crippen LogP contribution is 2.31. The lowest BCUT2D eigenvalue weighted by atomic mass is 10.2. The van der Waals surface area contributed by atoms with Gasteiger partial charge in [-0.1, -0.05) is 18.2 Å². The fraction of sp³-hybridized carbons (Fsp3) is 0.389. The lowest BCUT2D eigenvalue weighted by Gasteiger charge is -2.22. The van der Waals surface area contributed by atoms with Crippen LogP contribution in [0, 0.1) is 5.82 Å². The largest absolute Gasteiger partial charge is 0.331 e. The molecule has 140 valence electrons. The van der Waals surface area contributed by atoms with Crippen LogP contribution in [-0.2, 0) is 23.0 Å². The summed E-state index contributed by atoms with van der Waals surface area (Å²) in [4.78, 5) is 16.2. The second kappa shape index (κ2) is 7.85. The Bertz CT molecular complexity index is 891. The molecule has 8 heteroatoms. The molecule has 0 saturated heterocycles. The zero-order chi connectivity index (χ0) is 18.7. The summed E-state index contributed by atoms with van der Waals surface area (Å²) in [6, 6.07) is 10.3. The van der Waals surface area contributed by atoms with Crippen molar-refractivity contribution in [3.63, 3.8) is 0 Å². The second-order valence-electron chi connectivity index (χ2n) is 6.44. The van der Waals surface area contributed by atoms with Crippen LogP contribution in [-0.4, -0.2) is 38.1 Å². The van der Waals surface area contributed by atoms with E-state index in [2.05, 4.69) is 4.72 Å². The first-order valence-electron chi connectivity index (χ1n) is 8.41. The van der Waals surface area contributed by atoms with Crippen LogP contribution in [0.15, 0.2) is 36.4 Å². The van der Waals surface area contributed by atoms with Crippen molar-refractivity contribution in [3.05, 3.63) is 57.5 Å². The molecule has 0 atom stereocenters. The summed E-state index contributed by atoms with van der Waals surface area (Å²) in [6.07, 6.45) is 3.53. The summed E-state index contributed by atoms with van der Waals surface area (Å²) in [5.74, 6) is -0.396. The van der Waals surface area contributed by atoms with E-state index < -0.39 is 10.0 Å². The molecule has 1 aliphatic carbocycles. The van der Waals surface area contributed by atoms with Gasteiger partial charge in [-0.25, -0.2) is 17.5 Å². The average molecular weight is 397 g/mol. The van der Waals surface area contributed by atoms with Crippen LogP contribution in [0.1, 0.15) is 33.0 Å². The second-order valence-corrected chi connectivity index (χ2v) is 9.44. The first-order chi connectivity index (χ1) is 12.3. The number of carbonyl (C=O) groups excluding carboxylic acids is 1. The van der Waals surface area contributed by atoms with Crippen LogP contribution in [0.25, 0.3) is 0 Å². The Labute approximate surface area is 156 Å². The summed E-state index contributed by atoms with van der Waals surface area (Å²) in [5, 5.41) is 0. The Morgan fingerprint density at radius 2 is 2.00 bits per heavy atom. The average Bonchev–Trinajstić information content (AvgIpc) is 3.30. The van der Waals surface area contributed by atoms with Crippen LogP contribution in [0.4, 0.5) is 4.39 Å². The molecule has 0 bridgehead atoms. The van der Waals surface area contributed by atoms with E-state index in [1.165, 1.54) is 17.4 Å². The lowest BCUT2D eigenvalue weighted by Crippen LogP contribution is -2.32. The minimum absolute atomic E-state index is 0.0944.